The van der Waals surface area contributed by atoms with Crippen molar-refractivity contribution in [2.24, 2.45) is 0 Å². The fraction of sp³-hybridized carbons (Fsp3) is 0.250. The molecule has 0 aliphatic heterocycles. The standard InChI is InChI=1S/C8H8BrClFNO2S/c1-5-2-7(11)6(9)3-8(5)12-15(13,14)4-10/h2-3,12H,4H2,1H3. The molecule has 15 heavy (non-hydrogen) atoms. The van der Waals surface area contributed by atoms with Gasteiger partial charge in [0.1, 0.15) is 11.0 Å². The van der Waals surface area contributed by atoms with Crippen molar-refractivity contribution >= 4 is 43.2 Å². The SMILES string of the molecule is Cc1cc(F)c(Br)cc1NS(=O)(=O)CCl. The summed E-state index contributed by atoms with van der Waals surface area (Å²) in [5.41, 5.74) is 0.799. The molecule has 0 amide bonds. The minimum atomic E-state index is -3.55. The number of rotatable bonds is 3. The zero-order chi connectivity index (χ0) is 11.6. The van der Waals surface area contributed by atoms with Crippen LogP contribution in [-0.4, -0.2) is 13.6 Å². The Labute approximate surface area is 101 Å². The highest BCUT2D eigenvalue weighted by Crippen LogP contribution is 2.25. The Hall–Kier alpha value is -0.330. The van der Waals surface area contributed by atoms with Gasteiger partial charge in [0.25, 0.3) is 0 Å². The molecule has 0 unspecified atom stereocenters. The summed E-state index contributed by atoms with van der Waals surface area (Å²) in [7, 11) is -3.55. The van der Waals surface area contributed by atoms with Crippen molar-refractivity contribution in [3.63, 3.8) is 0 Å². The summed E-state index contributed by atoms with van der Waals surface area (Å²) in [6, 6.07) is 2.59. The summed E-state index contributed by atoms with van der Waals surface area (Å²) in [5.74, 6) is -0.443. The van der Waals surface area contributed by atoms with E-state index in [0.29, 0.717) is 11.3 Å². The van der Waals surface area contributed by atoms with E-state index in [0.717, 1.165) is 0 Å². The van der Waals surface area contributed by atoms with Gasteiger partial charge in [-0.1, -0.05) is 0 Å². The highest BCUT2D eigenvalue weighted by atomic mass is 79.9. The fourth-order valence-corrected chi connectivity index (χ4v) is 2.07. The van der Waals surface area contributed by atoms with E-state index in [1.807, 2.05) is 0 Å². The number of sulfonamides is 1. The van der Waals surface area contributed by atoms with E-state index in [1.165, 1.54) is 12.1 Å². The monoisotopic (exact) mass is 315 g/mol. The lowest BCUT2D eigenvalue weighted by atomic mass is 10.2. The van der Waals surface area contributed by atoms with Crippen molar-refractivity contribution in [1.82, 2.24) is 0 Å². The van der Waals surface area contributed by atoms with Crippen LogP contribution in [0.5, 0.6) is 0 Å². The zero-order valence-corrected chi connectivity index (χ0v) is 10.9. The van der Waals surface area contributed by atoms with Gasteiger partial charge < -0.3 is 0 Å². The molecule has 0 atom stereocenters. The lowest BCUT2D eigenvalue weighted by Gasteiger charge is -2.09. The third-order valence-electron chi connectivity index (χ3n) is 1.68. The van der Waals surface area contributed by atoms with E-state index < -0.39 is 21.1 Å². The number of hydrogen-bond acceptors (Lipinski definition) is 2. The molecule has 1 aromatic rings. The zero-order valence-electron chi connectivity index (χ0n) is 7.72. The van der Waals surface area contributed by atoms with Gasteiger partial charge in [-0.05, 0) is 40.5 Å². The molecule has 0 spiro atoms. The predicted octanol–water partition coefficient (Wildman–Crippen LogP) is 2.83. The normalized spacial score (nSPS) is 11.5. The van der Waals surface area contributed by atoms with Gasteiger partial charge in [-0.15, -0.1) is 11.6 Å². The van der Waals surface area contributed by atoms with Crippen LogP contribution in [0, 0.1) is 12.7 Å². The van der Waals surface area contributed by atoms with Gasteiger partial charge in [-0.3, -0.25) is 4.72 Å². The Morgan fingerprint density at radius 1 is 1.53 bits per heavy atom. The molecule has 3 nitrogen and oxygen atoms in total. The van der Waals surface area contributed by atoms with Crippen LogP contribution in [0.3, 0.4) is 0 Å². The minimum Gasteiger partial charge on any atom is -0.282 e. The molecule has 0 aliphatic carbocycles. The Morgan fingerprint density at radius 2 is 2.13 bits per heavy atom. The van der Waals surface area contributed by atoms with Gasteiger partial charge in [0.05, 0.1) is 10.2 Å². The Bertz CT molecular complexity index is 478. The van der Waals surface area contributed by atoms with Crippen LogP contribution in [0.15, 0.2) is 16.6 Å². The average Bonchev–Trinajstić information content (AvgIpc) is 2.14. The summed E-state index contributed by atoms with van der Waals surface area (Å²) < 4.78 is 37.8. The third kappa shape index (κ3) is 3.32. The molecule has 0 aliphatic rings. The minimum absolute atomic E-state index is 0.195. The van der Waals surface area contributed by atoms with Crippen molar-refractivity contribution in [3.05, 3.63) is 28.0 Å². The van der Waals surface area contributed by atoms with Crippen LogP contribution >= 0.6 is 27.5 Å². The van der Waals surface area contributed by atoms with E-state index in [1.54, 1.807) is 6.92 Å². The Morgan fingerprint density at radius 3 is 2.67 bits per heavy atom. The number of alkyl halides is 1. The molecule has 0 heterocycles. The van der Waals surface area contributed by atoms with Gasteiger partial charge in [0.15, 0.2) is 0 Å². The maximum atomic E-state index is 13.0. The molecule has 0 aromatic heterocycles. The van der Waals surface area contributed by atoms with Crippen LogP contribution in [0.1, 0.15) is 5.56 Å². The molecular weight excluding hydrogens is 309 g/mol. The lowest BCUT2D eigenvalue weighted by molar-refractivity contribution is 0.605. The molecule has 1 aromatic carbocycles. The number of aryl methyl sites for hydroxylation is 1. The second kappa shape index (κ2) is 4.67. The molecule has 0 saturated heterocycles. The molecule has 0 fully saturated rings. The van der Waals surface area contributed by atoms with Crippen LogP contribution in [0.2, 0.25) is 0 Å². The molecule has 0 radical (unpaired) electrons. The molecule has 1 rings (SSSR count). The second-order valence-corrected chi connectivity index (χ2v) is 6.07. The van der Waals surface area contributed by atoms with Gasteiger partial charge in [0.2, 0.25) is 10.0 Å². The van der Waals surface area contributed by atoms with Gasteiger partial charge in [-0.2, -0.15) is 0 Å². The summed E-state index contributed by atoms with van der Waals surface area (Å²) in [6.45, 7) is 1.60. The second-order valence-electron chi connectivity index (χ2n) is 2.91. The topological polar surface area (TPSA) is 46.2 Å². The maximum Gasteiger partial charge on any atom is 0.246 e. The smallest absolute Gasteiger partial charge is 0.246 e. The third-order valence-corrected chi connectivity index (χ3v) is 3.96. The number of hydrogen-bond donors (Lipinski definition) is 1. The number of anilines is 1. The Balaban J connectivity index is 3.12. The molecule has 7 heteroatoms. The van der Waals surface area contributed by atoms with E-state index >= 15 is 0 Å². The van der Waals surface area contributed by atoms with Crippen LogP contribution in [0.25, 0.3) is 0 Å². The van der Waals surface area contributed by atoms with Crippen molar-refractivity contribution in [3.8, 4) is 0 Å². The lowest BCUT2D eigenvalue weighted by Crippen LogP contribution is -2.14. The molecule has 0 bridgehead atoms. The predicted molar refractivity (Wildman–Crippen MR) is 62.1 cm³/mol. The van der Waals surface area contributed by atoms with Gasteiger partial charge >= 0.3 is 0 Å². The first-order chi connectivity index (χ1) is 6.85. The summed E-state index contributed by atoms with van der Waals surface area (Å²) in [4.78, 5) is 0. The first-order valence-electron chi connectivity index (χ1n) is 3.88. The van der Waals surface area contributed by atoms with E-state index in [2.05, 4.69) is 20.7 Å². The van der Waals surface area contributed by atoms with Crippen molar-refractivity contribution in [1.29, 1.82) is 0 Å². The molecule has 1 N–H and O–H groups in total. The van der Waals surface area contributed by atoms with E-state index in [9.17, 15) is 12.8 Å². The highest BCUT2D eigenvalue weighted by Gasteiger charge is 2.12. The van der Waals surface area contributed by atoms with Gasteiger partial charge in [-0.25, -0.2) is 12.8 Å². The number of benzene rings is 1. The van der Waals surface area contributed by atoms with Crippen molar-refractivity contribution in [2.75, 3.05) is 9.93 Å². The average molecular weight is 317 g/mol. The number of halogens is 3. The first kappa shape index (κ1) is 12.7. The van der Waals surface area contributed by atoms with Crippen LogP contribution in [0.4, 0.5) is 10.1 Å². The van der Waals surface area contributed by atoms with Crippen LogP contribution in [-0.2, 0) is 10.0 Å². The highest BCUT2D eigenvalue weighted by molar-refractivity contribution is 9.10. The summed E-state index contributed by atoms with van der Waals surface area (Å²) in [5, 5.41) is -0.540. The van der Waals surface area contributed by atoms with Crippen LogP contribution < -0.4 is 4.72 Å². The Kier molecular flexibility index (Phi) is 3.97. The van der Waals surface area contributed by atoms with E-state index in [-0.39, 0.29) is 4.47 Å². The quantitative estimate of drug-likeness (QED) is 0.872. The number of nitrogens with one attached hydrogen (secondary N) is 1. The first-order valence-corrected chi connectivity index (χ1v) is 6.86. The van der Waals surface area contributed by atoms with Crippen molar-refractivity contribution in [2.45, 2.75) is 6.92 Å². The fourth-order valence-electron chi connectivity index (χ4n) is 0.951. The van der Waals surface area contributed by atoms with E-state index in [4.69, 9.17) is 11.6 Å². The maximum absolute atomic E-state index is 13.0. The molecule has 84 valence electrons. The summed E-state index contributed by atoms with van der Waals surface area (Å²) >= 11 is 8.20. The van der Waals surface area contributed by atoms with Gasteiger partial charge in [0, 0.05) is 0 Å². The largest absolute Gasteiger partial charge is 0.282 e. The summed E-state index contributed by atoms with van der Waals surface area (Å²) in [6.07, 6.45) is 0. The van der Waals surface area contributed by atoms with Crippen molar-refractivity contribution < 1.29 is 12.8 Å². The molecule has 0 saturated carbocycles. The molecular formula is C8H8BrClFNO2S.